The fourth-order valence-corrected chi connectivity index (χ4v) is 2.89. The summed E-state index contributed by atoms with van der Waals surface area (Å²) in [5.41, 5.74) is 2.31. The Morgan fingerprint density at radius 3 is 2.94 bits per heavy atom. The lowest BCUT2D eigenvalue weighted by Crippen LogP contribution is -2.50. The van der Waals surface area contributed by atoms with Gasteiger partial charge in [0.1, 0.15) is 5.60 Å². The lowest BCUT2D eigenvalue weighted by molar-refractivity contribution is -0.0522. The fourth-order valence-electron chi connectivity index (χ4n) is 2.89. The van der Waals surface area contributed by atoms with Crippen molar-refractivity contribution in [3.8, 4) is 0 Å². The largest absolute Gasteiger partial charge is 0.443 e. The second-order valence-electron chi connectivity index (χ2n) is 5.49. The van der Waals surface area contributed by atoms with Crippen LogP contribution in [0.2, 0.25) is 0 Å². The van der Waals surface area contributed by atoms with Gasteiger partial charge < -0.3 is 9.64 Å². The summed E-state index contributed by atoms with van der Waals surface area (Å²) in [6.07, 6.45) is 1.64. The van der Waals surface area contributed by atoms with E-state index in [2.05, 4.69) is 24.3 Å². The van der Waals surface area contributed by atoms with E-state index in [4.69, 9.17) is 4.74 Å². The highest BCUT2D eigenvalue weighted by Crippen LogP contribution is 2.40. The Bertz CT molecular complexity index is 467. The Morgan fingerprint density at radius 2 is 2.12 bits per heavy atom. The maximum atomic E-state index is 12.0. The molecule has 1 unspecified atom stereocenters. The summed E-state index contributed by atoms with van der Waals surface area (Å²) >= 11 is 0. The van der Waals surface area contributed by atoms with E-state index < -0.39 is 0 Å². The van der Waals surface area contributed by atoms with Gasteiger partial charge in [0.25, 0.3) is 0 Å². The number of hydrogen-bond donors (Lipinski definition) is 0. The van der Waals surface area contributed by atoms with Crippen LogP contribution in [0.1, 0.15) is 37.4 Å². The summed E-state index contributed by atoms with van der Waals surface area (Å²) in [5.74, 6) is 0. The first-order valence-electron chi connectivity index (χ1n) is 6.14. The fraction of sp³-hybridized carbons (Fsp3) is 0.500. The SMILES string of the molecule is CC1(C)CC2c3ccccc3CCN2C(=O)O1. The van der Waals surface area contributed by atoms with Crippen LogP contribution >= 0.6 is 0 Å². The zero-order valence-electron chi connectivity index (χ0n) is 10.3. The molecule has 1 amide bonds. The number of amides is 1. The highest BCUT2D eigenvalue weighted by Gasteiger charge is 2.42. The number of benzene rings is 1. The number of carbonyl (C=O) groups is 1. The molecule has 0 N–H and O–H groups in total. The minimum Gasteiger partial charge on any atom is -0.443 e. The van der Waals surface area contributed by atoms with Crippen molar-refractivity contribution in [3.05, 3.63) is 35.4 Å². The molecule has 3 rings (SSSR count). The molecule has 17 heavy (non-hydrogen) atoms. The smallest absolute Gasteiger partial charge is 0.410 e. The van der Waals surface area contributed by atoms with Crippen molar-refractivity contribution < 1.29 is 9.53 Å². The van der Waals surface area contributed by atoms with Crippen molar-refractivity contribution >= 4 is 6.09 Å². The topological polar surface area (TPSA) is 29.5 Å². The van der Waals surface area contributed by atoms with E-state index in [0.717, 1.165) is 19.4 Å². The van der Waals surface area contributed by atoms with Crippen LogP contribution < -0.4 is 0 Å². The van der Waals surface area contributed by atoms with E-state index in [1.54, 1.807) is 0 Å². The number of fused-ring (bicyclic) bond motifs is 3. The van der Waals surface area contributed by atoms with Crippen LogP contribution in [0.25, 0.3) is 0 Å². The van der Waals surface area contributed by atoms with Gasteiger partial charge >= 0.3 is 6.09 Å². The van der Waals surface area contributed by atoms with Gasteiger partial charge in [-0.2, -0.15) is 0 Å². The summed E-state index contributed by atoms with van der Waals surface area (Å²) < 4.78 is 5.45. The minimum absolute atomic E-state index is 0.166. The van der Waals surface area contributed by atoms with Gasteiger partial charge in [-0.1, -0.05) is 24.3 Å². The maximum absolute atomic E-state index is 12.0. The monoisotopic (exact) mass is 231 g/mol. The molecule has 1 atom stereocenters. The standard InChI is InChI=1S/C14H17NO2/c1-14(2)9-12-11-6-4-3-5-10(11)7-8-15(12)13(16)17-14/h3-6,12H,7-9H2,1-2H3. The van der Waals surface area contributed by atoms with Crippen molar-refractivity contribution in [2.45, 2.75) is 38.3 Å². The third kappa shape index (κ3) is 1.70. The molecule has 3 heteroatoms. The summed E-state index contributed by atoms with van der Waals surface area (Å²) in [6.45, 7) is 4.75. The van der Waals surface area contributed by atoms with Crippen molar-refractivity contribution in [1.82, 2.24) is 4.90 Å². The third-order valence-electron chi connectivity index (χ3n) is 3.70. The molecule has 2 aliphatic heterocycles. The van der Waals surface area contributed by atoms with E-state index in [1.807, 2.05) is 18.7 Å². The van der Waals surface area contributed by atoms with Gasteiger partial charge in [0, 0.05) is 13.0 Å². The molecule has 1 saturated heterocycles. The van der Waals surface area contributed by atoms with Crippen molar-refractivity contribution in [3.63, 3.8) is 0 Å². The van der Waals surface area contributed by atoms with Crippen LogP contribution in [0.5, 0.6) is 0 Å². The first-order chi connectivity index (χ1) is 8.07. The molecule has 1 aromatic carbocycles. The molecule has 1 fully saturated rings. The van der Waals surface area contributed by atoms with Gasteiger partial charge in [-0.15, -0.1) is 0 Å². The number of ether oxygens (including phenoxy) is 1. The van der Waals surface area contributed by atoms with Gasteiger partial charge in [0.2, 0.25) is 0 Å². The van der Waals surface area contributed by atoms with E-state index in [0.29, 0.717) is 0 Å². The van der Waals surface area contributed by atoms with E-state index in [1.165, 1.54) is 11.1 Å². The zero-order valence-corrected chi connectivity index (χ0v) is 10.3. The summed E-state index contributed by atoms with van der Waals surface area (Å²) in [6, 6.07) is 8.62. The quantitative estimate of drug-likeness (QED) is 0.687. The number of hydrogen-bond acceptors (Lipinski definition) is 2. The Morgan fingerprint density at radius 1 is 1.35 bits per heavy atom. The molecule has 0 saturated carbocycles. The maximum Gasteiger partial charge on any atom is 0.410 e. The average Bonchev–Trinajstić information content (AvgIpc) is 2.27. The Hall–Kier alpha value is -1.51. The predicted molar refractivity (Wildman–Crippen MR) is 64.8 cm³/mol. The molecule has 1 aromatic rings. The van der Waals surface area contributed by atoms with Gasteiger partial charge in [0.15, 0.2) is 0 Å². The molecule has 0 bridgehead atoms. The summed E-state index contributed by atoms with van der Waals surface area (Å²) in [7, 11) is 0. The number of nitrogens with zero attached hydrogens (tertiary/aromatic N) is 1. The van der Waals surface area contributed by atoms with Crippen LogP contribution in [0.4, 0.5) is 4.79 Å². The van der Waals surface area contributed by atoms with Gasteiger partial charge in [-0.3, -0.25) is 0 Å². The van der Waals surface area contributed by atoms with E-state index in [-0.39, 0.29) is 17.7 Å². The highest BCUT2D eigenvalue weighted by atomic mass is 16.6. The van der Waals surface area contributed by atoms with Crippen molar-refractivity contribution in [1.29, 1.82) is 0 Å². The lowest BCUT2D eigenvalue weighted by atomic mass is 9.85. The second-order valence-corrected chi connectivity index (χ2v) is 5.49. The minimum atomic E-state index is -0.358. The predicted octanol–water partition coefficient (Wildman–Crippen LogP) is 2.90. The molecule has 0 spiro atoms. The van der Waals surface area contributed by atoms with Crippen LogP contribution in [-0.2, 0) is 11.2 Å². The van der Waals surface area contributed by atoms with Gasteiger partial charge in [0.05, 0.1) is 6.04 Å². The normalized spacial score (nSPS) is 25.9. The molecule has 0 radical (unpaired) electrons. The first kappa shape index (κ1) is 10.6. The van der Waals surface area contributed by atoms with Crippen LogP contribution in [0.15, 0.2) is 24.3 Å². The number of cyclic esters (lactones) is 1. The van der Waals surface area contributed by atoms with E-state index in [9.17, 15) is 4.79 Å². The molecular weight excluding hydrogens is 214 g/mol. The van der Waals surface area contributed by atoms with Crippen LogP contribution in [-0.4, -0.2) is 23.1 Å². The lowest BCUT2D eigenvalue weighted by Gasteiger charge is -2.45. The molecule has 2 heterocycles. The molecular formula is C14H17NO2. The van der Waals surface area contributed by atoms with Crippen LogP contribution in [0.3, 0.4) is 0 Å². The van der Waals surface area contributed by atoms with Gasteiger partial charge in [-0.05, 0) is 31.4 Å². The van der Waals surface area contributed by atoms with Crippen LogP contribution in [0, 0.1) is 0 Å². The zero-order chi connectivity index (χ0) is 12.0. The van der Waals surface area contributed by atoms with E-state index >= 15 is 0 Å². The number of carbonyl (C=O) groups excluding carboxylic acids is 1. The Kier molecular flexibility index (Phi) is 2.18. The molecule has 90 valence electrons. The average molecular weight is 231 g/mol. The van der Waals surface area contributed by atoms with Crippen molar-refractivity contribution in [2.75, 3.05) is 6.54 Å². The molecule has 0 aliphatic carbocycles. The molecule has 0 aromatic heterocycles. The number of rotatable bonds is 0. The summed E-state index contributed by atoms with van der Waals surface area (Å²) in [4.78, 5) is 13.8. The molecule has 2 aliphatic rings. The molecule has 3 nitrogen and oxygen atoms in total. The van der Waals surface area contributed by atoms with Gasteiger partial charge in [-0.25, -0.2) is 4.79 Å². The Balaban J connectivity index is 2.03. The third-order valence-corrected chi connectivity index (χ3v) is 3.70. The first-order valence-corrected chi connectivity index (χ1v) is 6.14. The van der Waals surface area contributed by atoms with Crippen molar-refractivity contribution in [2.24, 2.45) is 0 Å². The Labute approximate surface area is 101 Å². The second kappa shape index (κ2) is 3.49. The summed E-state index contributed by atoms with van der Waals surface area (Å²) in [5, 5.41) is 0. The highest BCUT2D eigenvalue weighted by molar-refractivity contribution is 5.70.